The van der Waals surface area contributed by atoms with E-state index < -0.39 is 0 Å². The molecule has 0 amide bonds. The zero-order valence-electron chi connectivity index (χ0n) is 9.26. The summed E-state index contributed by atoms with van der Waals surface area (Å²) in [6.07, 6.45) is 2.24. The molecule has 16 heavy (non-hydrogen) atoms. The second kappa shape index (κ2) is 5.61. The van der Waals surface area contributed by atoms with E-state index in [-0.39, 0.29) is 0 Å². The van der Waals surface area contributed by atoms with Gasteiger partial charge >= 0.3 is 0 Å². The Morgan fingerprint density at radius 1 is 1.31 bits per heavy atom. The molecule has 0 saturated carbocycles. The van der Waals surface area contributed by atoms with E-state index in [1.165, 1.54) is 16.9 Å². The van der Waals surface area contributed by atoms with Crippen LogP contribution in [0.3, 0.4) is 0 Å². The molecule has 3 nitrogen and oxygen atoms in total. The predicted molar refractivity (Wildman–Crippen MR) is 67.6 cm³/mol. The van der Waals surface area contributed by atoms with Crippen molar-refractivity contribution in [1.29, 1.82) is 0 Å². The van der Waals surface area contributed by atoms with E-state index in [4.69, 9.17) is 0 Å². The lowest BCUT2D eigenvalue weighted by Gasteiger charge is -2.17. The fourth-order valence-corrected chi connectivity index (χ4v) is 2.18. The summed E-state index contributed by atoms with van der Waals surface area (Å²) in [4.78, 5) is 0. The monoisotopic (exact) mass is 233 g/mol. The minimum atomic E-state index is 0.333. The average molecular weight is 233 g/mol. The standard InChI is InChI=1S/C12H15N3S/c1-2-6-11(10-7-4-3-5-8-10)14-12-15-13-9-16-12/h3-5,7-9,11H,2,6H2,1H3,(H,14,15). The van der Waals surface area contributed by atoms with Crippen LogP contribution in [0, 0.1) is 0 Å². The molecule has 0 fully saturated rings. The van der Waals surface area contributed by atoms with Crippen molar-refractivity contribution < 1.29 is 0 Å². The van der Waals surface area contributed by atoms with Gasteiger partial charge in [0.2, 0.25) is 5.13 Å². The van der Waals surface area contributed by atoms with Crippen LogP contribution in [0.2, 0.25) is 0 Å². The highest BCUT2D eigenvalue weighted by atomic mass is 32.1. The Morgan fingerprint density at radius 2 is 2.12 bits per heavy atom. The van der Waals surface area contributed by atoms with Gasteiger partial charge in [0, 0.05) is 0 Å². The minimum absolute atomic E-state index is 0.333. The van der Waals surface area contributed by atoms with Crippen molar-refractivity contribution in [2.45, 2.75) is 25.8 Å². The molecule has 0 aliphatic heterocycles. The van der Waals surface area contributed by atoms with Crippen molar-refractivity contribution in [3.63, 3.8) is 0 Å². The van der Waals surface area contributed by atoms with Gasteiger partial charge in [0.15, 0.2) is 0 Å². The van der Waals surface area contributed by atoms with Crippen molar-refractivity contribution in [3.8, 4) is 0 Å². The number of nitrogens with zero attached hydrogens (tertiary/aromatic N) is 2. The molecular formula is C12H15N3S. The van der Waals surface area contributed by atoms with Crippen molar-refractivity contribution in [1.82, 2.24) is 10.2 Å². The maximum Gasteiger partial charge on any atom is 0.205 e. The molecule has 1 atom stereocenters. The summed E-state index contributed by atoms with van der Waals surface area (Å²) in [5, 5.41) is 12.2. The van der Waals surface area contributed by atoms with Gasteiger partial charge in [-0.2, -0.15) is 0 Å². The third-order valence-electron chi connectivity index (χ3n) is 2.44. The summed E-state index contributed by atoms with van der Waals surface area (Å²) < 4.78 is 0. The Balaban J connectivity index is 2.11. The third kappa shape index (κ3) is 2.79. The summed E-state index contributed by atoms with van der Waals surface area (Å²) >= 11 is 1.54. The molecule has 2 rings (SSSR count). The van der Waals surface area contributed by atoms with Crippen LogP contribution in [0.15, 0.2) is 35.8 Å². The fraction of sp³-hybridized carbons (Fsp3) is 0.333. The Morgan fingerprint density at radius 3 is 2.75 bits per heavy atom. The Labute approximate surface area is 99.5 Å². The number of anilines is 1. The van der Waals surface area contributed by atoms with Crippen molar-refractivity contribution in [3.05, 3.63) is 41.4 Å². The Kier molecular flexibility index (Phi) is 3.88. The van der Waals surface area contributed by atoms with E-state index in [2.05, 4.69) is 46.7 Å². The first kappa shape index (κ1) is 11.1. The minimum Gasteiger partial charge on any atom is -0.353 e. The molecule has 1 unspecified atom stereocenters. The summed E-state index contributed by atoms with van der Waals surface area (Å²) in [6, 6.07) is 10.8. The normalized spacial score (nSPS) is 12.3. The van der Waals surface area contributed by atoms with Crippen LogP contribution in [0.4, 0.5) is 5.13 Å². The van der Waals surface area contributed by atoms with Gasteiger partial charge in [0.1, 0.15) is 5.51 Å². The highest BCUT2D eigenvalue weighted by Gasteiger charge is 2.11. The molecule has 0 spiro atoms. The summed E-state index contributed by atoms with van der Waals surface area (Å²) in [5.41, 5.74) is 3.05. The molecule has 1 heterocycles. The zero-order chi connectivity index (χ0) is 11.2. The van der Waals surface area contributed by atoms with Crippen molar-refractivity contribution in [2.24, 2.45) is 0 Å². The average Bonchev–Trinajstić information content (AvgIpc) is 2.83. The van der Waals surface area contributed by atoms with Gasteiger partial charge in [-0.3, -0.25) is 0 Å². The van der Waals surface area contributed by atoms with Gasteiger partial charge in [0.25, 0.3) is 0 Å². The SMILES string of the molecule is CCCC(Nc1nncs1)c1ccccc1. The maximum atomic E-state index is 4.02. The zero-order valence-corrected chi connectivity index (χ0v) is 10.1. The van der Waals surface area contributed by atoms with E-state index in [0.29, 0.717) is 6.04 Å². The molecular weight excluding hydrogens is 218 g/mol. The summed E-state index contributed by atoms with van der Waals surface area (Å²) in [6.45, 7) is 2.19. The van der Waals surface area contributed by atoms with Gasteiger partial charge in [0.05, 0.1) is 6.04 Å². The maximum absolute atomic E-state index is 4.02. The van der Waals surface area contributed by atoms with Crippen LogP contribution in [-0.2, 0) is 0 Å². The summed E-state index contributed by atoms with van der Waals surface area (Å²) in [7, 11) is 0. The highest BCUT2D eigenvalue weighted by molar-refractivity contribution is 7.13. The summed E-state index contributed by atoms with van der Waals surface area (Å²) in [5.74, 6) is 0. The van der Waals surface area contributed by atoms with Crippen LogP contribution in [0.1, 0.15) is 31.4 Å². The molecule has 1 aromatic heterocycles. The number of benzene rings is 1. The molecule has 4 heteroatoms. The molecule has 1 N–H and O–H groups in total. The molecule has 0 aliphatic carbocycles. The van der Waals surface area contributed by atoms with Crippen LogP contribution < -0.4 is 5.32 Å². The van der Waals surface area contributed by atoms with Gasteiger partial charge in [-0.05, 0) is 12.0 Å². The lowest BCUT2D eigenvalue weighted by Crippen LogP contribution is -2.10. The molecule has 1 aromatic carbocycles. The van der Waals surface area contributed by atoms with Crippen molar-refractivity contribution >= 4 is 16.5 Å². The van der Waals surface area contributed by atoms with Gasteiger partial charge in [-0.25, -0.2) is 0 Å². The van der Waals surface area contributed by atoms with Gasteiger partial charge in [-0.1, -0.05) is 55.0 Å². The molecule has 84 valence electrons. The number of hydrogen-bond donors (Lipinski definition) is 1. The molecule has 0 saturated heterocycles. The van der Waals surface area contributed by atoms with E-state index >= 15 is 0 Å². The first-order valence-electron chi connectivity index (χ1n) is 5.48. The topological polar surface area (TPSA) is 37.8 Å². The predicted octanol–water partition coefficient (Wildman–Crippen LogP) is 3.49. The Hall–Kier alpha value is -1.42. The molecule has 0 bridgehead atoms. The van der Waals surface area contributed by atoms with Crippen LogP contribution in [0.25, 0.3) is 0 Å². The third-order valence-corrected chi connectivity index (χ3v) is 3.06. The molecule has 2 aromatic rings. The van der Waals surface area contributed by atoms with Gasteiger partial charge < -0.3 is 5.32 Å². The second-order valence-electron chi connectivity index (χ2n) is 3.64. The fourth-order valence-electron chi connectivity index (χ4n) is 1.68. The number of nitrogens with one attached hydrogen (secondary N) is 1. The first-order chi connectivity index (χ1) is 7.90. The van der Waals surface area contributed by atoms with Crippen LogP contribution in [-0.4, -0.2) is 10.2 Å². The molecule has 0 aliphatic rings. The van der Waals surface area contributed by atoms with E-state index in [1.54, 1.807) is 5.51 Å². The number of aromatic nitrogens is 2. The van der Waals surface area contributed by atoms with Crippen LogP contribution in [0.5, 0.6) is 0 Å². The lowest BCUT2D eigenvalue weighted by molar-refractivity contribution is 0.675. The van der Waals surface area contributed by atoms with E-state index in [9.17, 15) is 0 Å². The smallest absolute Gasteiger partial charge is 0.205 e. The number of hydrogen-bond acceptors (Lipinski definition) is 4. The van der Waals surface area contributed by atoms with Crippen LogP contribution >= 0.6 is 11.3 Å². The second-order valence-corrected chi connectivity index (χ2v) is 4.47. The Bertz CT molecular complexity index is 399. The molecule has 0 radical (unpaired) electrons. The lowest BCUT2D eigenvalue weighted by atomic mass is 10.0. The largest absolute Gasteiger partial charge is 0.353 e. The quantitative estimate of drug-likeness (QED) is 0.859. The van der Waals surface area contributed by atoms with E-state index in [1.807, 2.05) is 6.07 Å². The van der Waals surface area contributed by atoms with E-state index in [0.717, 1.165) is 18.0 Å². The highest BCUT2D eigenvalue weighted by Crippen LogP contribution is 2.24. The number of rotatable bonds is 5. The first-order valence-corrected chi connectivity index (χ1v) is 6.35. The van der Waals surface area contributed by atoms with Crippen molar-refractivity contribution in [2.75, 3.05) is 5.32 Å². The van der Waals surface area contributed by atoms with Gasteiger partial charge in [-0.15, -0.1) is 10.2 Å².